The molecule has 2 fully saturated rings. The molecule has 2 aliphatic heterocycles. The zero-order valence-electron chi connectivity index (χ0n) is 17.0. The third-order valence-corrected chi connectivity index (χ3v) is 6.07. The van der Waals surface area contributed by atoms with Gasteiger partial charge in [-0.3, -0.25) is 9.78 Å². The molecule has 1 N–H and O–H groups in total. The first-order chi connectivity index (χ1) is 14.0. The highest BCUT2D eigenvalue weighted by Gasteiger charge is 2.44. The number of nitrogens with zero attached hydrogens (tertiary/aromatic N) is 2. The number of likely N-dealkylation sites (tertiary alicyclic amines) is 1. The number of pyridine rings is 1. The highest BCUT2D eigenvalue weighted by atomic mass is 16.5. The maximum atomic E-state index is 13.1. The first kappa shape index (κ1) is 19.9. The van der Waals surface area contributed by atoms with E-state index in [2.05, 4.69) is 4.98 Å². The maximum Gasteiger partial charge on any atom is 0.257 e. The van der Waals surface area contributed by atoms with Crippen molar-refractivity contribution in [2.24, 2.45) is 0 Å². The van der Waals surface area contributed by atoms with E-state index in [0.717, 1.165) is 11.3 Å². The highest BCUT2D eigenvalue weighted by Crippen LogP contribution is 2.43. The first-order valence-electron chi connectivity index (χ1n) is 10.2. The summed E-state index contributed by atoms with van der Waals surface area (Å²) >= 11 is 0. The van der Waals surface area contributed by atoms with Crippen molar-refractivity contribution in [1.29, 1.82) is 0 Å². The van der Waals surface area contributed by atoms with Gasteiger partial charge in [0.25, 0.3) is 5.91 Å². The van der Waals surface area contributed by atoms with Crippen LogP contribution in [0.2, 0.25) is 0 Å². The minimum absolute atomic E-state index is 0.0434. The van der Waals surface area contributed by atoms with E-state index < -0.39 is 0 Å². The van der Waals surface area contributed by atoms with Gasteiger partial charge in [0, 0.05) is 31.6 Å². The van der Waals surface area contributed by atoms with Gasteiger partial charge in [0.15, 0.2) is 0 Å². The number of rotatable bonds is 3. The second kappa shape index (κ2) is 8.13. The van der Waals surface area contributed by atoms with Gasteiger partial charge in [-0.2, -0.15) is 0 Å². The lowest BCUT2D eigenvalue weighted by Gasteiger charge is -2.48. The third-order valence-electron chi connectivity index (χ3n) is 6.07. The topological polar surface area (TPSA) is 71.9 Å². The molecule has 3 heterocycles. The van der Waals surface area contributed by atoms with Gasteiger partial charge in [-0.25, -0.2) is 0 Å². The SMILES string of the molecule is COc1cnc(C)cc1C(=O)N1CCC2(CC1)C[C@H](O)C[C@H](c1ccccc1)O2. The van der Waals surface area contributed by atoms with E-state index in [4.69, 9.17) is 9.47 Å². The monoisotopic (exact) mass is 396 g/mol. The van der Waals surface area contributed by atoms with Crippen molar-refractivity contribution >= 4 is 5.91 Å². The van der Waals surface area contributed by atoms with Gasteiger partial charge < -0.3 is 19.5 Å². The van der Waals surface area contributed by atoms with Crippen LogP contribution in [-0.4, -0.2) is 52.8 Å². The Labute approximate surface area is 171 Å². The largest absolute Gasteiger partial charge is 0.494 e. The summed E-state index contributed by atoms with van der Waals surface area (Å²) in [5.74, 6) is 0.451. The predicted molar refractivity (Wildman–Crippen MR) is 109 cm³/mol. The molecule has 0 radical (unpaired) electrons. The van der Waals surface area contributed by atoms with Crippen LogP contribution in [0, 0.1) is 6.92 Å². The fraction of sp³-hybridized carbons (Fsp3) is 0.478. The summed E-state index contributed by atoms with van der Waals surface area (Å²) in [6.07, 6.45) is 3.76. The van der Waals surface area contributed by atoms with Gasteiger partial charge in [-0.15, -0.1) is 0 Å². The number of aryl methyl sites for hydroxylation is 1. The number of carbonyl (C=O) groups is 1. The summed E-state index contributed by atoms with van der Waals surface area (Å²) in [6, 6.07) is 11.9. The molecule has 1 amide bonds. The number of aromatic nitrogens is 1. The van der Waals surface area contributed by atoms with E-state index in [9.17, 15) is 9.90 Å². The molecule has 29 heavy (non-hydrogen) atoms. The van der Waals surface area contributed by atoms with E-state index in [1.807, 2.05) is 42.2 Å². The number of piperidine rings is 1. The molecular formula is C23H28N2O4. The van der Waals surface area contributed by atoms with Crippen LogP contribution >= 0.6 is 0 Å². The summed E-state index contributed by atoms with van der Waals surface area (Å²) < 4.78 is 11.9. The van der Waals surface area contributed by atoms with Gasteiger partial charge in [0.05, 0.1) is 36.7 Å². The Balaban J connectivity index is 1.47. The molecule has 4 rings (SSSR count). The van der Waals surface area contributed by atoms with Crippen LogP contribution in [0.25, 0.3) is 0 Å². The molecule has 0 bridgehead atoms. The maximum absolute atomic E-state index is 13.1. The molecule has 2 atom stereocenters. The van der Waals surface area contributed by atoms with E-state index in [1.165, 1.54) is 0 Å². The minimum atomic E-state index is -0.390. The van der Waals surface area contributed by atoms with Crippen molar-refractivity contribution in [2.45, 2.75) is 50.4 Å². The molecular weight excluding hydrogens is 368 g/mol. The van der Waals surface area contributed by atoms with E-state index >= 15 is 0 Å². The number of hydrogen-bond acceptors (Lipinski definition) is 5. The van der Waals surface area contributed by atoms with Crippen molar-refractivity contribution in [3.8, 4) is 5.75 Å². The summed E-state index contributed by atoms with van der Waals surface area (Å²) in [4.78, 5) is 19.1. The summed E-state index contributed by atoms with van der Waals surface area (Å²) in [5.41, 5.74) is 2.05. The summed E-state index contributed by atoms with van der Waals surface area (Å²) in [6.45, 7) is 3.05. The summed E-state index contributed by atoms with van der Waals surface area (Å²) in [5, 5.41) is 10.5. The quantitative estimate of drug-likeness (QED) is 0.862. The number of carbonyl (C=O) groups excluding carboxylic acids is 1. The third kappa shape index (κ3) is 4.14. The van der Waals surface area contributed by atoms with Gasteiger partial charge in [0.1, 0.15) is 5.75 Å². The molecule has 0 unspecified atom stereocenters. The molecule has 0 saturated carbocycles. The lowest BCUT2D eigenvalue weighted by molar-refractivity contribution is -0.181. The molecule has 2 aromatic rings. The van der Waals surface area contributed by atoms with Crippen LogP contribution in [0.3, 0.4) is 0 Å². The lowest BCUT2D eigenvalue weighted by Crippen LogP contribution is -2.52. The molecule has 1 aromatic heterocycles. The van der Waals surface area contributed by atoms with Crippen molar-refractivity contribution in [3.05, 3.63) is 59.4 Å². The fourth-order valence-corrected chi connectivity index (χ4v) is 4.52. The second-order valence-corrected chi connectivity index (χ2v) is 8.11. The molecule has 2 saturated heterocycles. The number of aliphatic hydroxyl groups is 1. The van der Waals surface area contributed by atoms with E-state index in [-0.39, 0.29) is 23.7 Å². The lowest BCUT2D eigenvalue weighted by atomic mass is 9.80. The molecule has 1 spiro atoms. The van der Waals surface area contributed by atoms with E-state index in [1.54, 1.807) is 19.4 Å². The Bertz CT molecular complexity index is 862. The minimum Gasteiger partial charge on any atom is -0.494 e. The predicted octanol–water partition coefficient (Wildman–Crippen LogP) is 3.29. The van der Waals surface area contributed by atoms with Crippen LogP contribution in [0.15, 0.2) is 42.6 Å². The van der Waals surface area contributed by atoms with Crippen LogP contribution in [0.4, 0.5) is 0 Å². The van der Waals surface area contributed by atoms with Crippen LogP contribution in [-0.2, 0) is 4.74 Å². The van der Waals surface area contributed by atoms with Gasteiger partial charge in [0.2, 0.25) is 0 Å². The zero-order valence-corrected chi connectivity index (χ0v) is 17.0. The first-order valence-corrected chi connectivity index (χ1v) is 10.2. The molecule has 6 heteroatoms. The van der Waals surface area contributed by atoms with Crippen LogP contribution < -0.4 is 4.74 Å². The number of ether oxygens (including phenoxy) is 2. The standard InChI is InChI=1S/C23H28N2O4/c1-16-12-19(21(28-2)15-24-16)22(27)25-10-8-23(9-11-25)14-18(26)13-20(29-23)17-6-4-3-5-7-17/h3-7,12,15,18,20,26H,8-11,13-14H2,1-2H3/t18-,20-/m1/s1. The van der Waals surface area contributed by atoms with Crippen molar-refractivity contribution in [1.82, 2.24) is 9.88 Å². The Kier molecular flexibility index (Phi) is 5.56. The Hall–Kier alpha value is -2.44. The molecule has 0 aliphatic carbocycles. The second-order valence-electron chi connectivity index (χ2n) is 8.11. The fourth-order valence-electron chi connectivity index (χ4n) is 4.52. The van der Waals surface area contributed by atoms with Crippen LogP contribution in [0.1, 0.15) is 53.4 Å². The molecule has 2 aliphatic rings. The number of amides is 1. The van der Waals surface area contributed by atoms with Gasteiger partial charge >= 0.3 is 0 Å². The average molecular weight is 396 g/mol. The van der Waals surface area contributed by atoms with E-state index in [0.29, 0.717) is 50.1 Å². The smallest absolute Gasteiger partial charge is 0.257 e. The van der Waals surface area contributed by atoms with Crippen LogP contribution in [0.5, 0.6) is 5.75 Å². The van der Waals surface area contributed by atoms with Crippen molar-refractivity contribution in [2.75, 3.05) is 20.2 Å². The Morgan fingerprint density at radius 2 is 2.00 bits per heavy atom. The number of aliphatic hydroxyl groups excluding tert-OH is 1. The number of methoxy groups -OCH3 is 1. The highest BCUT2D eigenvalue weighted by molar-refractivity contribution is 5.97. The molecule has 1 aromatic carbocycles. The number of benzene rings is 1. The molecule has 154 valence electrons. The Morgan fingerprint density at radius 3 is 2.69 bits per heavy atom. The van der Waals surface area contributed by atoms with Gasteiger partial charge in [-0.05, 0) is 31.4 Å². The molecule has 6 nitrogen and oxygen atoms in total. The summed E-state index contributed by atoms with van der Waals surface area (Å²) in [7, 11) is 1.55. The average Bonchev–Trinajstić information content (AvgIpc) is 2.74. The zero-order chi connectivity index (χ0) is 20.4. The van der Waals surface area contributed by atoms with Crippen molar-refractivity contribution < 1.29 is 19.4 Å². The van der Waals surface area contributed by atoms with Crippen molar-refractivity contribution in [3.63, 3.8) is 0 Å². The van der Waals surface area contributed by atoms with Gasteiger partial charge in [-0.1, -0.05) is 30.3 Å². The Morgan fingerprint density at radius 1 is 1.28 bits per heavy atom. The number of hydrogen-bond donors (Lipinski definition) is 1. The normalized spacial score (nSPS) is 23.8.